The minimum Gasteiger partial charge on any atom is -0.315 e. The maximum absolute atomic E-state index is 5.05. The molecule has 1 N–H and O–H groups in total. The van der Waals surface area contributed by atoms with Crippen molar-refractivity contribution in [1.82, 2.24) is 19.6 Å². The molecule has 3 aromatic rings. The molecule has 1 aliphatic heterocycles. The summed E-state index contributed by atoms with van der Waals surface area (Å²) in [4.78, 5) is 7.60. The molecule has 2 aromatic heterocycles. The average Bonchev–Trinajstić information content (AvgIpc) is 2.85. The van der Waals surface area contributed by atoms with Crippen LogP contribution in [0.25, 0.3) is 16.9 Å². The monoisotopic (exact) mass is 348 g/mol. The summed E-state index contributed by atoms with van der Waals surface area (Å²) < 4.78 is 2.29. The van der Waals surface area contributed by atoms with E-state index in [9.17, 15) is 0 Å². The van der Waals surface area contributed by atoms with Crippen molar-refractivity contribution < 1.29 is 0 Å². The lowest BCUT2D eigenvalue weighted by Crippen LogP contribution is -2.28. The fourth-order valence-electron chi connectivity index (χ4n) is 3.81. The third-order valence-corrected chi connectivity index (χ3v) is 5.39. The highest BCUT2D eigenvalue weighted by Gasteiger charge is 2.18. The molecule has 0 atom stereocenters. The third kappa shape index (κ3) is 3.39. The van der Waals surface area contributed by atoms with Gasteiger partial charge in [0.1, 0.15) is 5.65 Å². The van der Waals surface area contributed by atoms with Gasteiger partial charge in [-0.05, 0) is 50.0 Å². The van der Waals surface area contributed by atoms with Gasteiger partial charge < -0.3 is 9.72 Å². The van der Waals surface area contributed by atoms with Gasteiger partial charge in [-0.2, -0.15) is 0 Å². The van der Waals surface area contributed by atoms with Crippen LogP contribution in [0.4, 0.5) is 0 Å². The number of hydrogen-bond donors (Lipinski definition) is 1. The summed E-state index contributed by atoms with van der Waals surface area (Å²) in [6.45, 7) is 9.70. The predicted octanol–water partition coefficient (Wildman–Crippen LogP) is 3.67. The Hall–Kier alpha value is -2.17. The van der Waals surface area contributed by atoms with Crippen LogP contribution in [0.2, 0.25) is 0 Å². The maximum Gasteiger partial charge on any atom is 0.140 e. The fraction of sp³-hybridized carbons (Fsp3) is 0.409. The number of nitrogens with one attached hydrogen (secondary N) is 1. The molecule has 0 saturated carbocycles. The Kier molecular flexibility index (Phi) is 5.05. The van der Waals surface area contributed by atoms with Crippen molar-refractivity contribution in [2.45, 2.75) is 33.2 Å². The third-order valence-electron chi connectivity index (χ3n) is 5.39. The van der Waals surface area contributed by atoms with Crippen LogP contribution in [0.1, 0.15) is 30.2 Å². The summed E-state index contributed by atoms with van der Waals surface area (Å²) in [7, 11) is 0. The molecule has 26 heavy (non-hydrogen) atoms. The Morgan fingerprint density at radius 1 is 1.08 bits per heavy atom. The molecule has 4 heteroatoms. The molecule has 1 fully saturated rings. The molecule has 0 spiro atoms. The number of nitrogens with zero attached hydrogens (tertiary/aromatic N) is 3. The Morgan fingerprint density at radius 2 is 1.92 bits per heavy atom. The molecule has 0 unspecified atom stereocenters. The van der Waals surface area contributed by atoms with Crippen molar-refractivity contribution in [3.63, 3.8) is 0 Å². The van der Waals surface area contributed by atoms with Crippen molar-refractivity contribution in [1.29, 1.82) is 0 Å². The Morgan fingerprint density at radius 3 is 2.73 bits per heavy atom. The largest absolute Gasteiger partial charge is 0.315 e. The summed E-state index contributed by atoms with van der Waals surface area (Å²) in [5.74, 6) is 0. The zero-order valence-corrected chi connectivity index (χ0v) is 15.8. The number of benzene rings is 1. The van der Waals surface area contributed by atoms with Gasteiger partial charge in [-0.25, -0.2) is 4.98 Å². The van der Waals surface area contributed by atoms with Crippen LogP contribution in [0.3, 0.4) is 0 Å². The number of aromatic nitrogens is 2. The highest BCUT2D eigenvalue weighted by molar-refractivity contribution is 5.68. The van der Waals surface area contributed by atoms with E-state index in [0.29, 0.717) is 0 Å². The Balaban J connectivity index is 1.78. The summed E-state index contributed by atoms with van der Waals surface area (Å²) in [6, 6.07) is 13.2. The van der Waals surface area contributed by atoms with Crippen LogP contribution in [0.15, 0.2) is 42.6 Å². The van der Waals surface area contributed by atoms with E-state index in [-0.39, 0.29) is 0 Å². The zero-order valence-electron chi connectivity index (χ0n) is 15.8. The number of pyridine rings is 1. The average molecular weight is 348 g/mol. The highest BCUT2D eigenvalue weighted by Crippen LogP contribution is 2.27. The lowest BCUT2D eigenvalue weighted by atomic mass is 10.1. The molecule has 1 aromatic carbocycles. The molecule has 0 radical (unpaired) electrons. The molecule has 136 valence electrons. The van der Waals surface area contributed by atoms with Gasteiger partial charge >= 0.3 is 0 Å². The van der Waals surface area contributed by atoms with Crippen LogP contribution in [0, 0.1) is 6.92 Å². The van der Waals surface area contributed by atoms with E-state index in [0.717, 1.165) is 50.5 Å². The van der Waals surface area contributed by atoms with E-state index >= 15 is 0 Å². The van der Waals surface area contributed by atoms with E-state index in [2.05, 4.69) is 71.1 Å². The first-order valence-corrected chi connectivity index (χ1v) is 9.75. The number of imidazole rings is 1. The van der Waals surface area contributed by atoms with Gasteiger partial charge in [0, 0.05) is 31.4 Å². The molecule has 0 amide bonds. The summed E-state index contributed by atoms with van der Waals surface area (Å²) in [6.07, 6.45) is 4.43. The maximum atomic E-state index is 5.05. The lowest BCUT2D eigenvalue weighted by Gasteiger charge is -2.20. The van der Waals surface area contributed by atoms with Gasteiger partial charge in [0.15, 0.2) is 0 Å². The minimum absolute atomic E-state index is 0.942. The second kappa shape index (κ2) is 7.60. The molecule has 0 bridgehead atoms. The summed E-state index contributed by atoms with van der Waals surface area (Å²) >= 11 is 0. The first-order chi connectivity index (χ1) is 12.8. The van der Waals surface area contributed by atoms with Crippen LogP contribution in [-0.4, -0.2) is 40.5 Å². The smallest absolute Gasteiger partial charge is 0.140 e. The van der Waals surface area contributed by atoms with E-state index in [1.807, 2.05) is 0 Å². The predicted molar refractivity (Wildman–Crippen MR) is 108 cm³/mol. The topological polar surface area (TPSA) is 32.6 Å². The first-order valence-electron chi connectivity index (χ1n) is 9.75. The fourth-order valence-corrected chi connectivity index (χ4v) is 3.81. The van der Waals surface area contributed by atoms with Gasteiger partial charge in [0.25, 0.3) is 0 Å². The molecule has 3 heterocycles. The van der Waals surface area contributed by atoms with Crippen molar-refractivity contribution in [3.8, 4) is 11.3 Å². The molecule has 1 saturated heterocycles. The molecule has 0 aliphatic carbocycles. The van der Waals surface area contributed by atoms with Crippen molar-refractivity contribution in [2.24, 2.45) is 0 Å². The number of rotatable bonds is 4. The standard InChI is InChI=1S/C22H28N4/c1-3-18-7-9-19(10-8-18)21-20(16-25-13-5-11-23-12-15-25)26-14-4-6-17(2)22(26)24-21/h4,6-10,14,23H,3,5,11-13,15-16H2,1-2H3. The van der Waals surface area contributed by atoms with E-state index in [1.165, 1.54) is 28.8 Å². The molecule has 1 aliphatic rings. The quantitative estimate of drug-likeness (QED) is 0.781. The van der Waals surface area contributed by atoms with Crippen molar-refractivity contribution in [2.75, 3.05) is 26.2 Å². The van der Waals surface area contributed by atoms with Crippen LogP contribution in [0.5, 0.6) is 0 Å². The van der Waals surface area contributed by atoms with Crippen molar-refractivity contribution >= 4 is 5.65 Å². The summed E-state index contributed by atoms with van der Waals surface area (Å²) in [5, 5.41) is 3.50. The molecule has 4 rings (SSSR count). The molecular weight excluding hydrogens is 320 g/mol. The second-order valence-electron chi connectivity index (χ2n) is 7.22. The van der Waals surface area contributed by atoms with Crippen molar-refractivity contribution in [3.05, 3.63) is 59.4 Å². The van der Waals surface area contributed by atoms with E-state index in [1.54, 1.807) is 0 Å². The van der Waals surface area contributed by atoms with Crippen LogP contribution in [-0.2, 0) is 13.0 Å². The van der Waals surface area contributed by atoms with E-state index < -0.39 is 0 Å². The minimum atomic E-state index is 0.942. The number of aryl methyl sites for hydroxylation is 2. The summed E-state index contributed by atoms with van der Waals surface area (Å²) in [5.41, 5.74) is 7.31. The zero-order chi connectivity index (χ0) is 17.9. The first kappa shape index (κ1) is 17.3. The molecule has 4 nitrogen and oxygen atoms in total. The Labute approximate surface area is 155 Å². The molecular formula is C22H28N4. The van der Waals surface area contributed by atoms with Crippen LogP contribution < -0.4 is 5.32 Å². The normalized spacial score (nSPS) is 16.1. The number of fused-ring (bicyclic) bond motifs is 1. The van der Waals surface area contributed by atoms with Gasteiger partial charge in [-0.1, -0.05) is 37.3 Å². The van der Waals surface area contributed by atoms with Crippen LogP contribution >= 0.6 is 0 Å². The number of hydrogen-bond acceptors (Lipinski definition) is 3. The Bertz CT molecular complexity index is 871. The van der Waals surface area contributed by atoms with E-state index in [4.69, 9.17) is 4.98 Å². The van der Waals surface area contributed by atoms with Gasteiger partial charge in [0.05, 0.1) is 11.4 Å². The SMILES string of the molecule is CCc1ccc(-c2nc3c(C)cccn3c2CN2CCCNCC2)cc1. The van der Waals surface area contributed by atoms with Gasteiger partial charge in [0.2, 0.25) is 0 Å². The second-order valence-corrected chi connectivity index (χ2v) is 7.22. The lowest BCUT2D eigenvalue weighted by molar-refractivity contribution is 0.281. The highest BCUT2D eigenvalue weighted by atomic mass is 15.2. The van der Waals surface area contributed by atoms with Gasteiger partial charge in [-0.3, -0.25) is 4.90 Å². The van der Waals surface area contributed by atoms with Gasteiger partial charge in [-0.15, -0.1) is 0 Å².